The maximum atomic E-state index is 12.3. The molecule has 4 nitrogen and oxygen atoms in total. The Balaban J connectivity index is 2.37. The predicted molar refractivity (Wildman–Crippen MR) is 70.7 cm³/mol. The molecule has 17 heavy (non-hydrogen) atoms. The molecule has 1 fully saturated rings. The number of nitrogens with two attached hydrogens (primary N) is 1. The second kappa shape index (κ2) is 7.67. The molecular formula is C13H27N3O. The summed E-state index contributed by atoms with van der Waals surface area (Å²) in [5.74, 6) is 1.04. The van der Waals surface area contributed by atoms with E-state index in [1.165, 1.54) is 0 Å². The minimum Gasteiger partial charge on any atom is -0.341 e. The quantitative estimate of drug-likeness (QED) is 0.681. The molecule has 0 bridgehead atoms. The minimum atomic E-state index is -0.0186. The number of hydrogen-bond donors (Lipinski definition) is 2. The number of piperidine rings is 1. The minimum absolute atomic E-state index is 0.0186. The van der Waals surface area contributed by atoms with Crippen LogP contribution in [0.4, 0.5) is 0 Å². The molecule has 0 saturated carbocycles. The van der Waals surface area contributed by atoms with Crippen LogP contribution in [0.25, 0.3) is 0 Å². The number of carbonyl (C=O) groups excluding carboxylic acids is 1. The number of unbranched alkanes of at least 4 members (excludes halogenated alkanes) is 1. The molecule has 0 aromatic carbocycles. The Morgan fingerprint density at radius 1 is 1.41 bits per heavy atom. The molecule has 1 aliphatic heterocycles. The molecule has 1 aliphatic rings. The SMILES string of the molecule is CNC(CCCCN)C(=O)N1CCC(C)CC1. The van der Waals surface area contributed by atoms with Crippen molar-refractivity contribution in [2.24, 2.45) is 11.7 Å². The van der Waals surface area contributed by atoms with E-state index in [2.05, 4.69) is 12.2 Å². The van der Waals surface area contributed by atoms with Crippen molar-refractivity contribution in [1.82, 2.24) is 10.2 Å². The van der Waals surface area contributed by atoms with E-state index in [4.69, 9.17) is 5.73 Å². The fourth-order valence-corrected chi connectivity index (χ4v) is 2.33. The lowest BCUT2D eigenvalue weighted by Gasteiger charge is -2.33. The summed E-state index contributed by atoms with van der Waals surface area (Å²) in [6, 6.07) is -0.0186. The summed E-state index contributed by atoms with van der Waals surface area (Å²) >= 11 is 0. The topological polar surface area (TPSA) is 58.4 Å². The van der Waals surface area contributed by atoms with Gasteiger partial charge in [0.25, 0.3) is 0 Å². The van der Waals surface area contributed by atoms with Crippen LogP contribution in [0.15, 0.2) is 0 Å². The van der Waals surface area contributed by atoms with Gasteiger partial charge in [-0.2, -0.15) is 0 Å². The lowest BCUT2D eigenvalue weighted by atomic mass is 9.98. The average Bonchev–Trinajstić information content (AvgIpc) is 2.35. The highest BCUT2D eigenvalue weighted by atomic mass is 16.2. The van der Waals surface area contributed by atoms with Crippen molar-refractivity contribution < 1.29 is 4.79 Å². The summed E-state index contributed by atoms with van der Waals surface area (Å²) in [6.45, 7) is 4.83. The first kappa shape index (κ1) is 14.5. The van der Waals surface area contributed by atoms with Gasteiger partial charge in [-0.3, -0.25) is 4.79 Å². The number of nitrogens with zero attached hydrogens (tertiary/aromatic N) is 1. The first-order valence-electron chi connectivity index (χ1n) is 6.85. The predicted octanol–water partition coefficient (Wildman–Crippen LogP) is 0.962. The number of amides is 1. The van der Waals surface area contributed by atoms with Crippen molar-refractivity contribution in [3.05, 3.63) is 0 Å². The van der Waals surface area contributed by atoms with Gasteiger partial charge in [0.15, 0.2) is 0 Å². The lowest BCUT2D eigenvalue weighted by Crippen LogP contribution is -2.48. The number of carbonyl (C=O) groups is 1. The normalized spacial score (nSPS) is 19.4. The van der Waals surface area contributed by atoms with E-state index in [0.717, 1.165) is 51.1 Å². The molecule has 1 rings (SSSR count). The molecule has 1 heterocycles. The second-order valence-corrected chi connectivity index (χ2v) is 5.13. The van der Waals surface area contributed by atoms with Gasteiger partial charge in [0.2, 0.25) is 5.91 Å². The van der Waals surface area contributed by atoms with Gasteiger partial charge in [-0.15, -0.1) is 0 Å². The molecule has 0 aliphatic carbocycles. The summed E-state index contributed by atoms with van der Waals surface area (Å²) in [5.41, 5.74) is 5.47. The molecule has 0 aromatic heterocycles. The van der Waals surface area contributed by atoms with Gasteiger partial charge >= 0.3 is 0 Å². The van der Waals surface area contributed by atoms with Crippen LogP contribution in [-0.2, 0) is 4.79 Å². The number of likely N-dealkylation sites (N-methyl/N-ethyl adjacent to an activating group) is 1. The van der Waals surface area contributed by atoms with Crippen molar-refractivity contribution in [2.75, 3.05) is 26.7 Å². The fourth-order valence-electron chi connectivity index (χ4n) is 2.33. The van der Waals surface area contributed by atoms with E-state index in [1.807, 2.05) is 11.9 Å². The zero-order valence-corrected chi connectivity index (χ0v) is 11.2. The summed E-state index contributed by atoms with van der Waals surface area (Å²) in [6.07, 6.45) is 5.22. The number of hydrogen-bond acceptors (Lipinski definition) is 3. The highest BCUT2D eigenvalue weighted by Crippen LogP contribution is 2.17. The van der Waals surface area contributed by atoms with Crippen molar-refractivity contribution in [3.8, 4) is 0 Å². The van der Waals surface area contributed by atoms with Gasteiger partial charge < -0.3 is 16.0 Å². The largest absolute Gasteiger partial charge is 0.341 e. The Kier molecular flexibility index (Phi) is 6.52. The fraction of sp³-hybridized carbons (Fsp3) is 0.923. The Morgan fingerprint density at radius 2 is 2.06 bits per heavy atom. The molecule has 1 amide bonds. The van der Waals surface area contributed by atoms with E-state index in [0.29, 0.717) is 6.54 Å². The first-order valence-corrected chi connectivity index (χ1v) is 6.85. The molecule has 0 aromatic rings. The zero-order valence-electron chi connectivity index (χ0n) is 11.2. The summed E-state index contributed by atoms with van der Waals surface area (Å²) in [7, 11) is 1.87. The molecule has 0 spiro atoms. The smallest absolute Gasteiger partial charge is 0.239 e. The van der Waals surface area contributed by atoms with E-state index < -0.39 is 0 Å². The van der Waals surface area contributed by atoms with E-state index >= 15 is 0 Å². The number of likely N-dealkylation sites (tertiary alicyclic amines) is 1. The first-order chi connectivity index (χ1) is 8.19. The molecule has 0 radical (unpaired) electrons. The Labute approximate surface area is 105 Å². The van der Waals surface area contributed by atoms with Crippen LogP contribution in [0.2, 0.25) is 0 Å². The summed E-state index contributed by atoms with van der Waals surface area (Å²) in [5, 5.41) is 3.14. The zero-order chi connectivity index (χ0) is 12.7. The molecular weight excluding hydrogens is 214 g/mol. The third kappa shape index (κ3) is 4.64. The van der Waals surface area contributed by atoms with Crippen LogP contribution in [0.3, 0.4) is 0 Å². The van der Waals surface area contributed by atoms with Gasteiger partial charge in [-0.05, 0) is 45.2 Å². The van der Waals surface area contributed by atoms with Gasteiger partial charge in [0, 0.05) is 13.1 Å². The van der Waals surface area contributed by atoms with E-state index in [-0.39, 0.29) is 11.9 Å². The monoisotopic (exact) mass is 241 g/mol. The average molecular weight is 241 g/mol. The van der Waals surface area contributed by atoms with Crippen molar-refractivity contribution in [1.29, 1.82) is 0 Å². The van der Waals surface area contributed by atoms with Gasteiger partial charge in [0.05, 0.1) is 6.04 Å². The second-order valence-electron chi connectivity index (χ2n) is 5.13. The molecule has 1 unspecified atom stereocenters. The van der Waals surface area contributed by atoms with Crippen molar-refractivity contribution in [2.45, 2.75) is 45.1 Å². The Morgan fingerprint density at radius 3 is 2.59 bits per heavy atom. The van der Waals surface area contributed by atoms with E-state index in [9.17, 15) is 4.79 Å². The molecule has 1 atom stereocenters. The maximum Gasteiger partial charge on any atom is 0.239 e. The standard InChI is InChI=1S/C13H27N3O/c1-11-6-9-16(10-7-11)13(17)12(15-2)5-3-4-8-14/h11-12,15H,3-10,14H2,1-2H3. The van der Waals surface area contributed by atoms with Gasteiger partial charge in [-0.1, -0.05) is 13.3 Å². The third-order valence-corrected chi connectivity index (χ3v) is 3.69. The van der Waals surface area contributed by atoms with Gasteiger partial charge in [0.1, 0.15) is 0 Å². The summed E-state index contributed by atoms with van der Waals surface area (Å²) in [4.78, 5) is 14.3. The highest BCUT2D eigenvalue weighted by molar-refractivity contribution is 5.81. The van der Waals surface area contributed by atoms with Crippen LogP contribution in [0.1, 0.15) is 39.0 Å². The Bertz CT molecular complexity index is 225. The van der Waals surface area contributed by atoms with Crippen LogP contribution in [0, 0.1) is 5.92 Å². The van der Waals surface area contributed by atoms with Crippen LogP contribution in [0.5, 0.6) is 0 Å². The molecule has 4 heteroatoms. The lowest BCUT2D eigenvalue weighted by molar-refractivity contribution is -0.134. The van der Waals surface area contributed by atoms with E-state index in [1.54, 1.807) is 0 Å². The Hall–Kier alpha value is -0.610. The number of rotatable bonds is 6. The molecule has 3 N–H and O–H groups in total. The summed E-state index contributed by atoms with van der Waals surface area (Å²) < 4.78 is 0. The maximum absolute atomic E-state index is 12.3. The van der Waals surface area contributed by atoms with Crippen LogP contribution in [-0.4, -0.2) is 43.5 Å². The third-order valence-electron chi connectivity index (χ3n) is 3.69. The van der Waals surface area contributed by atoms with Crippen LogP contribution >= 0.6 is 0 Å². The van der Waals surface area contributed by atoms with Crippen molar-refractivity contribution in [3.63, 3.8) is 0 Å². The van der Waals surface area contributed by atoms with Gasteiger partial charge in [-0.25, -0.2) is 0 Å². The molecule has 1 saturated heterocycles. The van der Waals surface area contributed by atoms with Crippen LogP contribution < -0.4 is 11.1 Å². The molecule has 100 valence electrons. The number of nitrogens with one attached hydrogen (secondary N) is 1. The highest BCUT2D eigenvalue weighted by Gasteiger charge is 2.25. The van der Waals surface area contributed by atoms with Crippen molar-refractivity contribution >= 4 is 5.91 Å².